The summed E-state index contributed by atoms with van der Waals surface area (Å²) in [5, 5.41) is 74.1. The molecule has 0 aliphatic carbocycles. The van der Waals surface area contributed by atoms with Gasteiger partial charge in [-0.2, -0.15) is 44.0 Å². The van der Waals surface area contributed by atoms with Gasteiger partial charge in [0.2, 0.25) is 23.6 Å². The number of carboxylic acid groups (broad SMARTS) is 1. The summed E-state index contributed by atoms with van der Waals surface area (Å²) in [5.74, 6) is -6.67. The van der Waals surface area contributed by atoms with Crippen LogP contribution in [0.5, 0.6) is 17.4 Å². The summed E-state index contributed by atoms with van der Waals surface area (Å²) in [6, 6.07) is 15.6. The zero-order valence-corrected chi connectivity index (χ0v) is 55.5. The van der Waals surface area contributed by atoms with Crippen molar-refractivity contribution in [3.63, 3.8) is 0 Å². The van der Waals surface area contributed by atoms with Crippen LogP contribution in [-0.2, 0) is 54.9 Å². The first-order chi connectivity index (χ1) is 44.5. The standard InChI is InChI=1S/C54H53ClN14O20S6/c1-27-33(26-56)52-60-41-22-47(88-5)50(95(85,86)87)25-45(41)69(52)53(73)51(27)68-65-42-18-35(57-28(2)70)38(21-46(42)89-11-6-14-92(76,77)78)63-66-43-20-37(59-30(4)72)40(24-49(43)91-13-8-16-94(82,83)84)64-67-44-19-36(58-29(3)71)39(23-48(44)90-12-7-15-93(79,80)81)62-61-31-9-10-34(55)32(17-31)54(74)75/h9-10,17-25,73H,6-8,11-16H2,1-5H3,(H,57,70)(H,58,71)(H,59,72)(H,74,75)(H,76,77,78)(H,79,80,81)(H,82,83,84)(H,85,86,87). The second-order valence-corrected chi connectivity index (χ2v) is 28.6. The zero-order chi connectivity index (χ0) is 69.9. The number of carbonyl (C=O) groups excluding carboxylic acids is 3. The van der Waals surface area contributed by atoms with E-state index in [0.29, 0.717) is 0 Å². The number of carbonyl (C=O) groups is 4. The third-order valence-corrected chi connectivity index (χ3v) is 18.4. The molecule has 0 radical (unpaired) electrons. The predicted octanol–water partition coefficient (Wildman–Crippen LogP) is 11.9. The summed E-state index contributed by atoms with van der Waals surface area (Å²) < 4.78 is 146. The number of carboxylic acids is 1. The minimum absolute atomic E-state index is 0.00131. The molecule has 2 heterocycles. The van der Waals surface area contributed by atoms with Crippen LogP contribution in [0.4, 0.5) is 62.6 Å². The highest BCUT2D eigenvalue weighted by Crippen LogP contribution is 2.47. The maximum absolute atomic E-state index is 12.9. The number of nitrogens with one attached hydrogen (secondary N) is 3. The summed E-state index contributed by atoms with van der Waals surface area (Å²) in [7, 11) is -17.2. The van der Waals surface area contributed by atoms with E-state index >= 15 is 0 Å². The van der Waals surface area contributed by atoms with E-state index in [9.17, 15) is 86.5 Å². The number of benzene rings is 5. The summed E-state index contributed by atoms with van der Waals surface area (Å²) in [5.41, 5.74) is -2.03. The number of nitriles is 1. The van der Waals surface area contributed by atoms with E-state index in [4.69, 9.17) is 21.1 Å². The number of rotatable bonds is 29. The molecule has 0 unspecified atom stereocenters. The first kappa shape index (κ1) is 73.3. The van der Waals surface area contributed by atoms with E-state index in [1.807, 2.05) is 6.07 Å². The molecule has 3 amide bonds. The van der Waals surface area contributed by atoms with Crippen molar-refractivity contribution in [2.45, 2.75) is 61.6 Å². The molecule has 5 aromatic carbocycles. The second kappa shape index (κ2) is 30.9. The van der Waals surface area contributed by atoms with Crippen LogP contribution in [0.1, 0.15) is 61.5 Å². The topological polar surface area (TPSA) is 521 Å². The van der Waals surface area contributed by atoms with Gasteiger partial charge in [0.05, 0.1) is 75.3 Å². The van der Waals surface area contributed by atoms with Gasteiger partial charge in [0, 0.05) is 48.3 Å². The van der Waals surface area contributed by atoms with E-state index in [-0.39, 0.29) is 147 Å². The van der Waals surface area contributed by atoms with Crippen LogP contribution in [0.15, 0.2) is 122 Å². The molecular formula is C54H53ClN14O20S6. The molecule has 9 N–H and O–H groups in total. The summed E-state index contributed by atoms with van der Waals surface area (Å²) in [6.07, 6.45) is -0.525. The highest BCUT2D eigenvalue weighted by Gasteiger charge is 2.26. The van der Waals surface area contributed by atoms with Crippen LogP contribution < -0.4 is 25.4 Å². The monoisotopic (exact) mass is 1440 g/mol. The van der Waals surface area contributed by atoms with Gasteiger partial charge in [-0.25, -0.2) is 9.78 Å². The number of hydrogen-bond donors (Lipinski definition) is 9. The lowest BCUT2D eigenvalue weighted by atomic mass is 10.1. The van der Waals surface area contributed by atoms with Crippen molar-refractivity contribution >= 4 is 179 Å². The Morgan fingerprint density at radius 3 is 1.58 bits per heavy atom. The van der Waals surface area contributed by atoms with E-state index in [2.05, 4.69) is 61.8 Å². The maximum atomic E-state index is 12.9. The fourth-order valence-electron chi connectivity index (χ4n) is 8.45. The number of ether oxygens (including phenoxy) is 2. The highest BCUT2D eigenvalue weighted by molar-refractivity contribution is 7.99. The van der Waals surface area contributed by atoms with Crippen molar-refractivity contribution in [1.82, 2.24) is 9.38 Å². The summed E-state index contributed by atoms with van der Waals surface area (Å²) in [4.78, 5) is 54.2. The Balaban J connectivity index is 1.39. The fraction of sp³-hybridized carbons (Fsp3) is 0.259. The lowest BCUT2D eigenvalue weighted by Crippen LogP contribution is -2.09. The Bertz CT molecular complexity index is 4910. The molecule has 0 aliphatic heterocycles. The number of azo groups is 4. The lowest BCUT2D eigenvalue weighted by Gasteiger charge is -2.14. The van der Waals surface area contributed by atoms with Crippen molar-refractivity contribution in [3.05, 3.63) is 88.4 Å². The molecule has 95 heavy (non-hydrogen) atoms. The molecule has 0 fully saturated rings. The van der Waals surface area contributed by atoms with Gasteiger partial charge in [-0.1, -0.05) is 11.6 Å². The van der Waals surface area contributed by atoms with Gasteiger partial charge in [-0.05, 0) is 92.3 Å². The fourth-order valence-corrected chi connectivity index (χ4v) is 13.1. The highest BCUT2D eigenvalue weighted by atomic mass is 35.5. The third-order valence-electron chi connectivity index (χ3n) is 12.5. The minimum atomic E-state index is -4.94. The molecule has 0 aliphatic rings. The van der Waals surface area contributed by atoms with E-state index in [1.54, 1.807) is 0 Å². The van der Waals surface area contributed by atoms with E-state index in [0.717, 1.165) is 67.1 Å². The van der Waals surface area contributed by atoms with Crippen LogP contribution in [0.3, 0.4) is 0 Å². The van der Waals surface area contributed by atoms with Gasteiger partial charge in [-0.15, -0.1) is 59.3 Å². The van der Waals surface area contributed by atoms with Crippen LogP contribution in [0, 0.1) is 18.3 Å². The number of fused-ring (bicyclic) bond motifs is 3. The predicted molar refractivity (Wildman–Crippen MR) is 348 cm³/mol. The molecule has 41 heteroatoms. The number of aromatic hydroxyl groups is 1. The molecule has 0 spiro atoms. The second-order valence-electron chi connectivity index (χ2n) is 19.8. The Kier molecular flexibility index (Phi) is 23.9. The molecule has 0 bridgehead atoms. The van der Waals surface area contributed by atoms with Crippen molar-refractivity contribution in [2.75, 3.05) is 58.4 Å². The average molecular weight is 1450 g/mol. The van der Waals surface area contributed by atoms with Gasteiger partial charge in [0.15, 0.2) is 11.3 Å². The van der Waals surface area contributed by atoms with Gasteiger partial charge >= 0.3 is 5.97 Å². The van der Waals surface area contributed by atoms with Crippen LogP contribution >= 0.6 is 35.1 Å². The Hall–Kier alpha value is -9.15. The number of aromatic carboxylic acids is 1. The number of methoxy groups -OCH3 is 1. The van der Waals surface area contributed by atoms with Gasteiger partial charge in [-0.3, -0.25) is 37.0 Å². The molecule has 7 rings (SSSR count). The van der Waals surface area contributed by atoms with E-state index in [1.165, 1.54) is 62.4 Å². The number of nitrogens with zero attached hydrogens (tertiary/aromatic N) is 11. The van der Waals surface area contributed by atoms with Crippen LogP contribution in [-0.4, -0.2) is 138 Å². The average Bonchev–Trinajstić information content (AvgIpc) is 1.60. The number of halogens is 1. The molecule has 7 aromatic rings. The SMILES string of the molecule is COc1cc2nc3c(C#N)c(C)c(N=Nc4cc(NC(C)=O)c(N=Nc5cc(NC(C)=O)c(N=Nc6cc(NC(C)=O)c(N=Nc7ccc(Cl)c(C(=O)O)c7)cc6SCCCS(=O)(=O)O)cc5SCCCS(=O)(=O)O)cc4OCCCS(=O)(=O)O)c(O)n3c2cc1S(=O)(=O)O. The Labute approximate surface area is 553 Å². The molecule has 502 valence electrons. The van der Waals surface area contributed by atoms with Gasteiger partial charge < -0.3 is 35.6 Å². The van der Waals surface area contributed by atoms with Gasteiger partial charge in [0.1, 0.15) is 62.2 Å². The van der Waals surface area contributed by atoms with Gasteiger partial charge in [0.25, 0.3) is 40.5 Å². The Morgan fingerprint density at radius 2 is 1.11 bits per heavy atom. The third kappa shape index (κ3) is 20.2. The quantitative estimate of drug-likeness (QED) is 0.00910. The molecule has 0 atom stereocenters. The minimum Gasteiger partial charge on any atom is -0.495 e. The number of pyridine rings is 1. The maximum Gasteiger partial charge on any atom is 0.337 e. The smallest absolute Gasteiger partial charge is 0.337 e. The van der Waals surface area contributed by atoms with Crippen molar-refractivity contribution in [3.8, 4) is 23.4 Å². The van der Waals surface area contributed by atoms with Crippen molar-refractivity contribution < 1.29 is 90.7 Å². The van der Waals surface area contributed by atoms with Crippen molar-refractivity contribution in [1.29, 1.82) is 5.26 Å². The van der Waals surface area contributed by atoms with Crippen molar-refractivity contribution in [2.24, 2.45) is 40.9 Å². The number of anilines is 3. The number of imidazole rings is 1. The molecule has 34 nitrogen and oxygen atoms in total. The molecular weight excluding hydrogens is 1390 g/mol. The van der Waals surface area contributed by atoms with E-state index < -0.39 is 104 Å². The first-order valence-electron chi connectivity index (χ1n) is 27.0. The first-order valence-corrected chi connectivity index (χ1v) is 35.6. The summed E-state index contributed by atoms with van der Waals surface area (Å²) in [6.45, 7) is 4.41. The molecule has 0 saturated carbocycles. The zero-order valence-electron chi connectivity index (χ0n) is 49.9. The number of amides is 3. The number of hydrogen-bond acceptors (Lipinski definition) is 27. The number of aromatic nitrogens is 2. The largest absolute Gasteiger partial charge is 0.495 e. The normalized spacial score (nSPS) is 12.3. The molecule has 0 saturated heterocycles. The lowest BCUT2D eigenvalue weighted by molar-refractivity contribution is -0.115. The Morgan fingerprint density at radius 1 is 0.632 bits per heavy atom. The molecule has 2 aromatic heterocycles. The number of thioether (sulfide) groups is 2. The summed E-state index contributed by atoms with van der Waals surface area (Å²) >= 11 is 8.02. The van der Waals surface area contributed by atoms with Crippen LogP contribution in [0.25, 0.3) is 16.7 Å². The van der Waals surface area contributed by atoms with Crippen LogP contribution in [0.2, 0.25) is 5.02 Å².